The van der Waals surface area contributed by atoms with Crippen molar-refractivity contribution >= 4 is 17.7 Å². The van der Waals surface area contributed by atoms with Gasteiger partial charge in [0.25, 0.3) is 0 Å². The Kier molecular flexibility index (Phi) is 4.24. The first-order chi connectivity index (χ1) is 9.55. The Bertz CT molecular complexity index is 483. The molecule has 0 radical (unpaired) electrons. The first kappa shape index (κ1) is 14.3. The highest BCUT2D eigenvalue weighted by atomic mass is 16.5. The van der Waals surface area contributed by atoms with Gasteiger partial charge >= 0.3 is 12.0 Å². The molecular formula is C14H18N2O4. The van der Waals surface area contributed by atoms with Gasteiger partial charge in [-0.3, -0.25) is 4.90 Å². The van der Waals surface area contributed by atoms with E-state index in [4.69, 9.17) is 4.74 Å². The standard InChI is InChI=1S/C14H18N2O4/c1-16(11-5-3-2-4-6-11)13(19)15-14(12(17)18)7-9-20-10-8-14/h2-6H,7-10H2,1H3,(H,15,19)(H,17,18). The summed E-state index contributed by atoms with van der Waals surface area (Å²) in [7, 11) is 1.61. The van der Waals surface area contributed by atoms with E-state index in [2.05, 4.69) is 5.32 Å². The number of aliphatic carboxylic acids is 1. The van der Waals surface area contributed by atoms with Crippen LogP contribution in [0.5, 0.6) is 0 Å². The molecular weight excluding hydrogens is 260 g/mol. The van der Waals surface area contributed by atoms with Gasteiger partial charge in [-0.25, -0.2) is 9.59 Å². The van der Waals surface area contributed by atoms with Crippen molar-refractivity contribution in [3.63, 3.8) is 0 Å². The molecule has 0 bridgehead atoms. The summed E-state index contributed by atoms with van der Waals surface area (Å²) >= 11 is 0. The molecule has 1 fully saturated rings. The van der Waals surface area contributed by atoms with E-state index in [0.717, 1.165) is 0 Å². The monoisotopic (exact) mass is 278 g/mol. The molecule has 108 valence electrons. The fourth-order valence-corrected chi connectivity index (χ4v) is 2.17. The quantitative estimate of drug-likeness (QED) is 0.877. The third-order valence-corrected chi connectivity index (χ3v) is 3.55. The van der Waals surface area contributed by atoms with Crippen molar-refractivity contribution in [2.45, 2.75) is 18.4 Å². The lowest BCUT2D eigenvalue weighted by Crippen LogP contribution is -2.59. The second kappa shape index (κ2) is 5.92. The van der Waals surface area contributed by atoms with Gasteiger partial charge in [0.15, 0.2) is 0 Å². The lowest BCUT2D eigenvalue weighted by atomic mass is 9.90. The molecule has 6 heteroatoms. The van der Waals surface area contributed by atoms with E-state index in [1.165, 1.54) is 4.90 Å². The van der Waals surface area contributed by atoms with Gasteiger partial charge in [0.1, 0.15) is 5.54 Å². The molecule has 1 saturated heterocycles. The van der Waals surface area contributed by atoms with Gasteiger partial charge in [-0.05, 0) is 12.1 Å². The van der Waals surface area contributed by atoms with E-state index < -0.39 is 17.5 Å². The van der Waals surface area contributed by atoms with Crippen LogP contribution in [0.4, 0.5) is 10.5 Å². The number of amides is 2. The van der Waals surface area contributed by atoms with Crippen LogP contribution in [0.15, 0.2) is 30.3 Å². The number of nitrogens with zero attached hydrogens (tertiary/aromatic N) is 1. The summed E-state index contributed by atoms with van der Waals surface area (Å²) in [5.74, 6) is -1.02. The Morgan fingerprint density at radius 1 is 1.25 bits per heavy atom. The number of para-hydroxylation sites is 1. The van der Waals surface area contributed by atoms with Crippen molar-refractivity contribution in [1.82, 2.24) is 5.32 Å². The summed E-state index contributed by atoms with van der Waals surface area (Å²) in [6.07, 6.45) is 0.549. The minimum absolute atomic E-state index is 0.275. The van der Waals surface area contributed by atoms with Crippen LogP contribution in [-0.4, -0.2) is 42.9 Å². The predicted octanol–water partition coefficient (Wildman–Crippen LogP) is 1.47. The molecule has 0 aromatic heterocycles. The number of carbonyl (C=O) groups excluding carboxylic acids is 1. The van der Waals surface area contributed by atoms with E-state index in [0.29, 0.717) is 18.9 Å². The molecule has 0 saturated carbocycles. The molecule has 6 nitrogen and oxygen atoms in total. The largest absolute Gasteiger partial charge is 0.480 e. The van der Waals surface area contributed by atoms with Crippen molar-refractivity contribution in [1.29, 1.82) is 0 Å². The first-order valence-corrected chi connectivity index (χ1v) is 6.47. The minimum atomic E-state index is -1.24. The third-order valence-electron chi connectivity index (χ3n) is 3.55. The first-order valence-electron chi connectivity index (χ1n) is 6.47. The van der Waals surface area contributed by atoms with Gasteiger partial charge in [-0.2, -0.15) is 0 Å². The highest BCUT2D eigenvalue weighted by Gasteiger charge is 2.42. The number of carbonyl (C=O) groups is 2. The minimum Gasteiger partial charge on any atom is -0.480 e. The van der Waals surface area contributed by atoms with E-state index in [1.807, 2.05) is 18.2 Å². The number of rotatable bonds is 3. The summed E-state index contributed by atoms with van der Waals surface area (Å²) in [6, 6.07) is 8.64. The number of carboxylic acids is 1. The van der Waals surface area contributed by atoms with E-state index >= 15 is 0 Å². The Labute approximate surface area is 117 Å². The number of nitrogens with one attached hydrogen (secondary N) is 1. The van der Waals surface area contributed by atoms with Crippen molar-refractivity contribution in [3.05, 3.63) is 30.3 Å². The van der Waals surface area contributed by atoms with Crippen molar-refractivity contribution in [2.75, 3.05) is 25.2 Å². The lowest BCUT2D eigenvalue weighted by Gasteiger charge is -2.35. The maximum atomic E-state index is 12.2. The number of anilines is 1. The molecule has 1 aromatic rings. The summed E-state index contributed by atoms with van der Waals surface area (Å²) in [5.41, 5.74) is -0.532. The maximum Gasteiger partial charge on any atom is 0.329 e. The predicted molar refractivity (Wildman–Crippen MR) is 73.8 cm³/mol. The smallest absolute Gasteiger partial charge is 0.329 e. The Balaban J connectivity index is 2.11. The van der Waals surface area contributed by atoms with Crippen LogP contribution < -0.4 is 10.2 Å². The van der Waals surface area contributed by atoms with Crippen LogP contribution >= 0.6 is 0 Å². The highest BCUT2D eigenvalue weighted by Crippen LogP contribution is 2.22. The molecule has 20 heavy (non-hydrogen) atoms. The Morgan fingerprint density at radius 3 is 2.40 bits per heavy atom. The van der Waals surface area contributed by atoms with Gasteiger partial charge in [0.05, 0.1) is 0 Å². The third kappa shape index (κ3) is 2.91. The fourth-order valence-electron chi connectivity index (χ4n) is 2.17. The normalized spacial score (nSPS) is 17.2. The Hall–Kier alpha value is -2.08. The second-order valence-electron chi connectivity index (χ2n) is 4.82. The molecule has 1 aliphatic rings. The molecule has 1 aliphatic heterocycles. The molecule has 1 heterocycles. The summed E-state index contributed by atoms with van der Waals surface area (Å²) in [4.78, 5) is 25.1. The molecule has 2 rings (SSSR count). The SMILES string of the molecule is CN(C(=O)NC1(C(=O)O)CCOCC1)c1ccccc1. The van der Waals surface area contributed by atoms with E-state index in [1.54, 1.807) is 19.2 Å². The van der Waals surface area contributed by atoms with Gasteiger partial charge < -0.3 is 15.2 Å². The molecule has 1 aromatic carbocycles. The van der Waals surface area contributed by atoms with Crippen molar-refractivity contribution in [3.8, 4) is 0 Å². The molecule has 0 atom stereocenters. The van der Waals surface area contributed by atoms with Gasteiger partial charge in [-0.15, -0.1) is 0 Å². The Morgan fingerprint density at radius 2 is 1.85 bits per heavy atom. The zero-order valence-electron chi connectivity index (χ0n) is 11.3. The summed E-state index contributed by atoms with van der Waals surface area (Å²) < 4.78 is 5.17. The fraction of sp³-hybridized carbons (Fsp3) is 0.429. The molecule has 2 amide bonds. The van der Waals surface area contributed by atoms with Crippen LogP contribution in [0, 0.1) is 0 Å². The number of carboxylic acid groups (broad SMARTS) is 1. The number of urea groups is 1. The van der Waals surface area contributed by atoms with Crippen molar-refractivity contribution < 1.29 is 19.4 Å². The van der Waals surface area contributed by atoms with Crippen LogP contribution in [0.25, 0.3) is 0 Å². The zero-order chi connectivity index (χ0) is 14.6. The number of hydrogen-bond donors (Lipinski definition) is 2. The van der Waals surface area contributed by atoms with Gasteiger partial charge in [-0.1, -0.05) is 18.2 Å². The number of benzene rings is 1. The lowest BCUT2D eigenvalue weighted by molar-refractivity contribution is -0.148. The zero-order valence-corrected chi connectivity index (χ0v) is 11.3. The van der Waals surface area contributed by atoms with Gasteiger partial charge in [0.2, 0.25) is 0 Å². The van der Waals surface area contributed by atoms with Crippen LogP contribution in [0.2, 0.25) is 0 Å². The van der Waals surface area contributed by atoms with Crippen LogP contribution in [-0.2, 0) is 9.53 Å². The average molecular weight is 278 g/mol. The topological polar surface area (TPSA) is 78.9 Å². The number of hydrogen-bond acceptors (Lipinski definition) is 3. The molecule has 2 N–H and O–H groups in total. The van der Waals surface area contributed by atoms with Crippen LogP contribution in [0.3, 0.4) is 0 Å². The van der Waals surface area contributed by atoms with Crippen molar-refractivity contribution in [2.24, 2.45) is 0 Å². The highest BCUT2D eigenvalue weighted by molar-refractivity contribution is 5.95. The van der Waals surface area contributed by atoms with Crippen LogP contribution in [0.1, 0.15) is 12.8 Å². The molecule has 0 aliphatic carbocycles. The second-order valence-corrected chi connectivity index (χ2v) is 4.82. The number of ether oxygens (including phenoxy) is 1. The van der Waals surface area contributed by atoms with E-state index in [9.17, 15) is 14.7 Å². The summed E-state index contributed by atoms with van der Waals surface area (Å²) in [6.45, 7) is 0.670. The molecule has 0 spiro atoms. The maximum absolute atomic E-state index is 12.2. The summed E-state index contributed by atoms with van der Waals surface area (Å²) in [5, 5.41) is 12.0. The molecule has 0 unspecified atom stereocenters. The van der Waals surface area contributed by atoms with E-state index in [-0.39, 0.29) is 12.8 Å². The average Bonchev–Trinajstić information content (AvgIpc) is 2.48. The van der Waals surface area contributed by atoms with Gasteiger partial charge in [0, 0.05) is 38.8 Å².